The first-order valence-electron chi connectivity index (χ1n) is 8.68. The van der Waals surface area contributed by atoms with Gasteiger partial charge in [-0.15, -0.1) is 0 Å². The Bertz CT molecular complexity index is 775. The summed E-state index contributed by atoms with van der Waals surface area (Å²) < 4.78 is 13.3. The van der Waals surface area contributed by atoms with Crippen molar-refractivity contribution in [3.8, 4) is 11.8 Å². The zero-order valence-electron chi connectivity index (χ0n) is 14.9. The summed E-state index contributed by atoms with van der Waals surface area (Å²) >= 11 is 0. The molecule has 3 rings (SSSR count). The molecule has 1 aromatic rings. The van der Waals surface area contributed by atoms with E-state index in [-0.39, 0.29) is 6.04 Å². The maximum absolute atomic E-state index is 13.3. The third kappa shape index (κ3) is 4.54. The fraction of sp³-hybridized carbons (Fsp3) is 0.421. The number of hydroxylamine groups is 1. The molecule has 136 valence electrons. The molecule has 2 aliphatic heterocycles. The van der Waals surface area contributed by atoms with Crippen molar-refractivity contribution in [3.05, 3.63) is 41.7 Å². The summed E-state index contributed by atoms with van der Waals surface area (Å²) in [5.41, 5.74) is 4.94. The summed E-state index contributed by atoms with van der Waals surface area (Å²) in [5.74, 6) is 6.60. The third-order valence-corrected chi connectivity index (χ3v) is 4.08. The summed E-state index contributed by atoms with van der Waals surface area (Å²) in [4.78, 5) is 18.4. The Labute approximate surface area is 152 Å². The van der Waals surface area contributed by atoms with Gasteiger partial charge >= 0.3 is 0 Å². The third-order valence-electron chi connectivity index (χ3n) is 4.08. The van der Waals surface area contributed by atoms with Crippen LogP contribution in [0.15, 0.2) is 40.5 Å². The molecule has 3 heterocycles. The van der Waals surface area contributed by atoms with Gasteiger partial charge in [-0.25, -0.2) is 19.7 Å². The largest absolute Gasteiger partial charge is 0.307 e. The lowest BCUT2D eigenvalue weighted by atomic mass is 10.2. The van der Waals surface area contributed by atoms with E-state index in [9.17, 15) is 4.39 Å². The van der Waals surface area contributed by atoms with E-state index in [2.05, 4.69) is 44.5 Å². The van der Waals surface area contributed by atoms with Crippen molar-refractivity contribution in [1.29, 1.82) is 0 Å². The molecule has 26 heavy (non-hydrogen) atoms. The minimum absolute atomic E-state index is 0.122. The van der Waals surface area contributed by atoms with Crippen molar-refractivity contribution in [2.24, 2.45) is 9.98 Å². The van der Waals surface area contributed by atoms with E-state index in [1.807, 2.05) is 24.3 Å². The van der Waals surface area contributed by atoms with Gasteiger partial charge in [-0.05, 0) is 37.0 Å². The average Bonchev–Trinajstić information content (AvgIpc) is 3.31. The summed E-state index contributed by atoms with van der Waals surface area (Å²) in [7, 11) is 1.72. The molecular formula is C19H22FN5O. The van der Waals surface area contributed by atoms with Crippen LogP contribution in [-0.4, -0.2) is 48.6 Å². The van der Waals surface area contributed by atoms with Gasteiger partial charge in [0.05, 0.1) is 6.04 Å². The maximum Gasteiger partial charge on any atom is 0.192 e. The van der Waals surface area contributed by atoms with Gasteiger partial charge in [-0.3, -0.25) is 9.98 Å². The summed E-state index contributed by atoms with van der Waals surface area (Å²) in [6.45, 7) is 2.41. The van der Waals surface area contributed by atoms with E-state index >= 15 is 0 Å². The molecule has 0 saturated carbocycles. The van der Waals surface area contributed by atoms with Gasteiger partial charge in [0.2, 0.25) is 0 Å². The summed E-state index contributed by atoms with van der Waals surface area (Å²) in [6.07, 6.45) is 5.66. The van der Waals surface area contributed by atoms with Crippen molar-refractivity contribution < 1.29 is 9.23 Å². The highest BCUT2D eigenvalue weighted by atomic mass is 19.1. The predicted octanol–water partition coefficient (Wildman–Crippen LogP) is 1.78. The highest BCUT2D eigenvalue weighted by Crippen LogP contribution is 2.19. The van der Waals surface area contributed by atoms with E-state index in [0.717, 1.165) is 17.7 Å². The molecular weight excluding hydrogens is 333 g/mol. The number of pyridine rings is 1. The number of nitrogens with one attached hydrogen (secondary N) is 2. The molecule has 0 amide bonds. The van der Waals surface area contributed by atoms with Crippen molar-refractivity contribution >= 4 is 11.5 Å². The number of halogens is 1. The van der Waals surface area contributed by atoms with Gasteiger partial charge in [0.25, 0.3) is 0 Å². The van der Waals surface area contributed by atoms with Crippen LogP contribution in [0.4, 0.5) is 4.39 Å². The van der Waals surface area contributed by atoms with Crippen LogP contribution in [0.2, 0.25) is 0 Å². The highest BCUT2D eigenvalue weighted by Gasteiger charge is 2.34. The molecule has 2 N–H and O–H groups in total. The van der Waals surface area contributed by atoms with Crippen LogP contribution < -0.4 is 10.8 Å². The Balaban J connectivity index is 1.66. The van der Waals surface area contributed by atoms with Gasteiger partial charge in [0.15, 0.2) is 12.1 Å². The molecule has 1 fully saturated rings. The van der Waals surface area contributed by atoms with Gasteiger partial charge in [0.1, 0.15) is 17.6 Å². The van der Waals surface area contributed by atoms with Gasteiger partial charge in [-0.1, -0.05) is 18.9 Å². The van der Waals surface area contributed by atoms with E-state index < -0.39 is 12.4 Å². The molecule has 6 nitrogen and oxygen atoms in total. The van der Waals surface area contributed by atoms with E-state index in [1.54, 1.807) is 13.2 Å². The second kappa shape index (κ2) is 8.70. The number of hydrogen-bond donors (Lipinski definition) is 2. The average molecular weight is 355 g/mol. The molecule has 1 saturated heterocycles. The monoisotopic (exact) mass is 355 g/mol. The molecule has 3 atom stereocenters. The molecule has 0 spiro atoms. The molecule has 0 aliphatic carbocycles. The number of aromatic nitrogens is 1. The Morgan fingerprint density at radius 1 is 1.50 bits per heavy atom. The molecule has 7 heteroatoms. The lowest BCUT2D eigenvalue weighted by molar-refractivity contribution is 0.0174. The first-order valence-corrected chi connectivity index (χ1v) is 8.68. The fourth-order valence-corrected chi connectivity index (χ4v) is 2.67. The molecule has 0 radical (unpaired) electrons. The number of alkyl halides is 1. The number of nitrogens with zero attached hydrogens (tertiary/aromatic N) is 3. The van der Waals surface area contributed by atoms with E-state index in [0.29, 0.717) is 24.5 Å². The Morgan fingerprint density at radius 3 is 3.04 bits per heavy atom. The zero-order chi connectivity index (χ0) is 18.4. The number of allylic oxidation sites excluding steroid dienone is 2. The SMILES string of the molecule is CC/C=C\C(C#Cc1ccc(C2=NC(C3CC(F)CN3)ON2)nc1)=NC. The van der Waals surface area contributed by atoms with Crippen LogP contribution in [0.1, 0.15) is 31.0 Å². The van der Waals surface area contributed by atoms with Crippen LogP contribution in [0.25, 0.3) is 0 Å². The predicted molar refractivity (Wildman–Crippen MR) is 99.8 cm³/mol. The highest BCUT2D eigenvalue weighted by molar-refractivity contribution is 6.08. The number of aliphatic imine (C=N–C) groups is 2. The number of amidine groups is 1. The molecule has 0 aromatic carbocycles. The summed E-state index contributed by atoms with van der Waals surface area (Å²) in [6, 6.07) is 3.57. The Morgan fingerprint density at radius 2 is 2.38 bits per heavy atom. The van der Waals surface area contributed by atoms with Gasteiger partial charge < -0.3 is 5.32 Å². The molecule has 0 bridgehead atoms. The first kappa shape index (κ1) is 18.2. The first-order chi connectivity index (χ1) is 12.7. The van der Waals surface area contributed by atoms with Crippen LogP contribution in [0.3, 0.4) is 0 Å². The quantitative estimate of drug-likeness (QED) is 0.638. The lowest BCUT2D eigenvalue weighted by Gasteiger charge is -2.13. The van der Waals surface area contributed by atoms with Crippen molar-refractivity contribution in [3.63, 3.8) is 0 Å². The van der Waals surface area contributed by atoms with Crippen LogP contribution in [0.5, 0.6) is 0 Å². The topological polar surface area (TPSA) is 70.9 Å². The van der Waals surface area contributed by atoms with Crippen LogP contribution in [0, 0.1) is 11.8 Å². The lowest BCUT2D eigenvalue weighted by Crippen LogP contribution is -2.35. The fourth-order valence-electron chi connectivity index (χ4n) is 2.67. The molecule has 1 aromatic heterocycles. The standard InChI is InChI=1S/C19H22FN5O/c1-3-4-5-15(21-2)8-6-13-7-9-16(22-11-13)18-24-19(26-25-18)17-10-14(20)12-23-17/h4-5,7,9,11,14,17,19,23H,3,10,12H2,1-2H3,(H,24,25)/b5-4-,21-15?. The summed E-state index contributed by atoms with van der Waals surface area (Å²) in [5, 5.41) is 3.07. The molecule has 3 unspecified atom stereocenters. The second-order valence-electron chi connectivity index (χ2n) is 6.04. The van der Waals surface area contributed by atoms with Gasteiger partial charge in [-0.2, -0.15) is 0 Å². The van der Waals surface area contributed by atoms with E-state index in [1.165, 1.54) is 0 Å². The Kier molecular flexibility index (Phi) is 6.10. The normalized spacial score (nSPS) is 25.7. The minimum atomic E-state index is -0.845. The number of hydrogen-bond acceptors (Lipinski definition) is 6. The maximum atomic E-state index is 13.3. The Hall–Kier alpha value is -2.56. The van der Waals surface area contributed by atoms with Crippen LogP contribution in [-0.2, 0) is 4.84 Å². The zero-order valence-corrected chi connectivity index (χ0v) is 14.9. The smallest absolute Gasteiger partial charge is 0.192 e. The van der Waals surface area contributed by atoms with Crippen molar-refractivity contribution in [1.82, 2.24) is 15.8 Å². The van der Waals surface area contributed by atoms with E-state index in [4.69, 9.17) is 4.84 Å². The number of rotatable bonds is 4. The van der Waals surface area contributed by atoms with Gasteiger partial charge in [0, 0.05) is 25.4 Å². The van der Waals surface area contributed by atoms with Crippen molar-refractivity contribution in [2.75, 3.05) is 13.6 Å². The second-order valence-corrected chi connectivity index (χ2v) is 6.04. The minimum Gasteiger partial charge on any atom is -0.307 e. The van der Waals surface area contributed by atoms with Crippen molar-refractivity contribution in [2.45, 2.75) is 38.2 Å². The van der Waals surface area contributed by atoms with Crippen LogP contribution >= 0.6 is 0 Å². The molecule has 2 aliphatic rings.